The van der Waals surface area contributed by atoms with Crippen LogP contribution >= 0.6 is 0 Å². The maximum absolute atomic E-state index is 12.6. The fraction of sp³-hybridized carbons (Fsp3) is 0. The summed E-state index contributed by atoms with van der Waals surface area (Å²) in [5.41, 5.74) is 2.41. The molecule has 0 bridgehead atoms. The molecular formula is C11H10FN3O. The van der Waals surface area contributed by atoms with E-state index in [-0.39, 0.29) is 5.82 Å². The van der Waals surface area contributed by atoms with Crippen molar-refractivity contribution in [2.24, 2.45) is 5.84 Å². The molecule has 0 amide bonds. The molecule has 0 aliphatic rings. The molecule has 0 aliphatic heterocycles. The number of aromatic nitrogens is 1. The zero-order valence-electron chi connectivity index (χ0n) is 8.35. The largest absolute Gasteiger partial charge is 0.439 e. The molecule has 2 aromatic rings. The highest BCUT2D eigenvalue weighted by molar-refractivity contribution is 5.37. The van der Waals surface area contributed by atoms with Gasteiger partial charge >= 0.3 is 0 Å². The van der Waals surface area contributed by atoms with E-state index in [0.717, 1.165) is 0 Å². The van der Waals surface area contributed by atoms with Crippen LogP contribution in [0.4, 0.5) is 10.2 Å². The minimum Gasteiger partial charge on any atom is -0.439 e. The number of hydrazine groups is 1. The maximum atomic E-state index is 12.6. The van der Waals surface area contributed by atoms with Crippen molar-refractivity contribution in [1.29, 1.82) is 0 Å². The van der Waals surface area contributed by atoms with Crippen LogP contribution in [0.2, 0.25) is 0 Å². The summed E-state index contributed by atoms with van der Waals surface area (Å²) in [5.74, 6) is 6.31. The monoisotopic (exact) mass is 219 g/mol. The summed E-state index contributed by atoms with van der Waals surface area (Å²) in [6.07, 6.45) is 0. The molecule has 1 aromatic carbocycles. The summed E-state index contributed by atoms with van der Waals surface area (Å²) in [4.78, 5) is 4.06. The molecule has 4 nitrogen and oxygen atoms in total. The molecule has 0 saturated heterocycles. The number of hydrogen-bond donors (Lipinski definition) is 2. The van der Waals surface area contributed by atoms with E-state index in [1.54, 1.807) is 18.2 Å². The Hall–Kier alpha value is -2.14. The van der Waals surface area contributed by atoms with Gasteiger partial charge in [-0.25, -0.2) is 10.2 Å². The summed E-state index contributed by atoms with van der Waals surface area (Å²) in [7, 11) is 0. The number of nitrogens with one attached hydrogen (secondary N) is 1. The smallest absolute Gasteiger partial charge is 0.221 e. The minimum atomic E-state index is -0.308. The number of nitrogens with zero attached hydrogens (tertiary/aromatic N) is 1. The standard InChI is InChI=1S/C11H10FN3O/c12-8-4-6-9(7-5-8)16-11-3-1-2-10(14-11)15-13/h1-7H,13H2,(H,14,15). The van der Waals surface area contributed by atoms with Gasteiger partial charge in [0.05, 0.1) is 0 Å². The zero-order chi connectivity index (χ0) is 11.4. The number of nitrogens with two attached hydrogens (primary N) is 1. The predicted molar refractivity (Wildman–Crippen MR) is 58.5 cm³/mol. The van der Waals surface area contributed by atoms with E-state index in [2.05, 4.69) is 10.4 Å². The van der Waals surface area contributed by atoms with Crippen LogP contribution in [0.3, 0.4) is 0 Å². The minimum absolute atomic E-state index is 0.308. The van der Waals surface area contributed by atoms with Crippen molar-refractivity contribution in [1.82, 2.24) is 4.98 Å². The molecule has 0 spiro atoms. The van der Waals surface area contributed by atoms with E-state index in [1.165, 1.54) is 24.3 Å². The van der Waals surface area contributed by atoms with Gasteiger partial charge in [-0.3, -0.25) is 0 Å². The van der Waals surface area contributed by atoms with Crippen LogP contribution < -0.4 is 16.0 Å². The van der Waals surface area contributed by atoms with Crippen LogP contribution in [0.25, 0.3) is 0 Å². The van der Waals surface area contributed by atoms with Crippen LogP contribution in [-0.2, 0) is 0 Å². The second-order valence-corrected chi connectivity index (χ2v) is 3.06. The van der Waals surface area contributed by atoms with Crippen molar-refractivity contribution in [2.75, 3.05) is 5.43 Å². The molecule has 0 radical (unpaired) electrons. The molecule has 3 N–H and O–H groups in total. The van der Waals surface area contributed by atoms with Crippen molar-refractivity contribution in [2.45, 2.75) is 0 Å². The van der Waals surface area contributed by atoms with Gasteiger partial charge < -0.3 is 10.2 Å². The Morgan fingerprint density at radius 3 is 2.56 bits per heavy atom. The molecule has 1 aromatic heterocycles. The Morgan fingerprint density at radius 1 is 1.12 bits per heavy atom. The van der Waals surface area contributed by atoms with Crippen LogP contribution in [-0.4, -0.2) is 4.98 Å². The van der Waals surface area contributed by atoms with Crippen molar-refractivity contribution in [3.05, 3.63) is 48.3 Å². The third kappa shape index (κ3) is 2.46. The van der Waals surface area contributed by atoms with Crippen molar-refractivity contribution in [3.63, 3.8) is 0 Å². The second-order valence-electron chi connectivity index (χ2n) is 3.06. The Morgan fingerprint density at radius 2 is 1.88 bits per heavy atom. The van der Waals surface area contributed by atoms with E-state index in [0.29, 0.717) is 17.4 Å². The fourth-order valence-electron chi connectivity index (χ4n) is 1.18. The highest BCUT2D eigenvalue weighted by Crippen LogP contribution is 2.20. The van der Waals surface area contributed by atoms with Gasteiger partial charge in [-0.15, -0.1) is 0 Å². The molecule has 0 unspecified atom stereocenters. The van der Waals surface area contributed by atoms with Gasteiger partial charge in [0.1, 0.15) is 17.4 Å². The number of rotatable bonds is 3. The van der Waals surface area contributed by atoms with Gasteiger partial charge in [0.15, 0.2) is 0 Å². The Kier molecular flexibility index (Phi) is 2.98. The van der Waals surface area contributed by atoms with Crippen LogP contribution in [0.5, 0.6) is 11.6 Å². The lowest BCUT2D eigenvalue weighted by atomic mass is 10.3. The van der Waals surface area contributed by atoms with Crippen molar-refractivity contribution in [3.8, 4) is 11.6 Å². The van der Waals surface area contributed by atoms with E-state index in [9.17, 15) is 4.39 Å². The average molecular weight is 219 g/mol. The van der Waals surface area contributed by atoms with Gasteiger partial charge in [0, 0.05) is 6.07 Å². The van der Waals surface area contributed by atoms with E-state index >= 15 is 0 Å². The molecule has 0 atom stereocenters. The average Bonchev–Trinajstić information content (AvgIpc) is 2.32. The van der Waals surface area contributed by atoms with Gasteiger partial charge in [0.2, 0.25) is 5.88 Å². The van der Waals surface area contributed by atoms with Gasteiger partial charge in [-0.05, 0) is 30.3 Å². The lowest BCUT2D eigenvalue weighted by Gasteiger charge is -2.05. The molecule has 0 aliphatic carbocycles. The van der Waals surface area contributed by atoms with Crippen LogP contribution in [0.1, 0.15) is 0 Å². The molecule has 0 fully saturated rings. The predicted octanol–water partition coefficient (Wildman–Crippen LogP) is 2.30. The highest BCUT2D eigenvalue weighted by atomic mass is 19.1. The number of hydrogen-bond acceptors (Lipinski definition) is 4. The molecule has 82 valence electrons. The molecule has 5 heteroatoms. The number of nitrogen functional groups attached to an aromatic ring is 1. The lowest BCUT2D eigenvalue weighted by Crippen LogP contribution is -2.08. The van der Waals surface area contributed by atoms with Gasteiger partial charge in [-0.2, -0.15) is 4.98 Å². The Bertz CT molecular complexity index is 473. The number of ether oxygens (including phenoxy) is 1. The first kappa shape index (κ1) is 10.4. The molecule has 1 heterocycles. The van der Waals surface area contributed by atoms with Crippen LogP contribution in [0, 0.1) is 5.82 Å². The Labute approximate surface area is 91.8 Å². The third-order valence-electron chi connectivity index (χ3n) is 1.91. The van der Waals surface area contributed by atoms with E-state index in [1.807, 2.05) is 0 Å². The van der Waals surface area contributed by atoms with E-state index in [4.69, 9.17) is 10.6 Å². The molecule has 2 rings (SSSR count). The maximum Gasteiger partial charge on any atom is 0.221 e. The first-order chi connectivity index (χ1) is 7.78. The third-order valence-corrected chi connectivity index (χ3v) is 1.91. The molecular weight excluding hydrogens is 209 g/mol. The quantitative estimate of drug-likeness (QED) is 0.614. The van der Waals surface area contributed by atoms with Gasteiger partial charge in [-0.1, -0.05) is 6.07 Å². The summed E-state index contributed by atoms with van der Waals surface area (Å²) in [6, 6.07) is 10.8. The highest BCUT2D eigenvalue weighted by Gasteiger charge is 1.99. The molecule has 16 heavy (non-hydrogen) atoms. The Balaban J connectivity index is 2.16. The summed E-state index contributed by atoms with van der Waals surface area (Å²) in [5, 5.41) is 0. The SMILES string of the molecule is NNc1cccc(Oc2ccc(F)cc2)n1. The second kappa shape index (κ2) is 4.59. The van der Waals surface area contributed by atoms with E-state index < -0.39 is 0 Å². The zero-order valence-corrected chi connectivity index (χ0v) is 8.35. The summed E-state index contributed by atoms with van der Waals surface area (Å²) < 4.78 is 18.0. The first-order valence-corrected chi connectivity index (χ1v) is 4.65. The van der Waals surface area contributed by atoms with Crippen LogP contribution in [0.15, 0.2) is 42.5 Å². The lowest BCUT2D eigenvalue weighted by molar-refractivity contribution is 0.462. The fourth-order valence-corrected chi connectivity index (χ4v) is 1.18. The summed E-state index contributed by atoms with van der Waals surface area (Å²) in [6.45, 7) is 0. The topological polar surface area (TPSA) is 60.2 Å². The summed E-state index contributed by atoms with van der Waals surface area (Å²) >= 11 is 0. The van der Waals surface area contributed by atoms with Crippen molar-refractivity contribution >= 4 is 5.82 Å². The normalized spacial score (nSPS) is 9.88. The number of benzene rings is 1. The number of halogens is 1. The first-order valence-electron chi connectivity index (χ1n) is 4.65. The van der Waals surface area contributed by atoms with Gasteiger partial charge in [0.25, 0.3) is 0 Å². The number of pyridine rings is 1. The molecule has 0 saturated carbocycles. The van der Waals surface area contributed by atoms with Crippen molar-refractivity contribution < 1.29 is 9.13 Å². The number of anilines is 1.